The Labute approximate surface area is 122 Å². The first-order valence-corrected chi connectivity index (χ1v) is 6.87. The minimum absolute atomic E-state index is 0.0848. The monoisotopic (exact) mass is 293 g/mol. The smallest absolute Gasteiger partial charge is 0.256 e. The van der Waals surface area contributed by atoms with Crippen molar-refractivity contribution in [2.75, 3.05) is 26.3 Å². The Morgan fingerprint density at radius 2 is 2.10 bits per heavy atom. The molecule has 5 heteroatoms. The van der Waals surface area contributed by atoms with Gasteiger partial charge in [0.15, 0.2) is 0 Å². The van der Waals surface area contributed by atoms with Gasteiger partial charge in [0.1, 0.15) is 18.2 Å². The van der Waals surface area contributed by atoms with Gasteiger partial charge in [-0.3, -0.25) is 4.79 Å². The lowest BCUT2D eigenvalue weighted by Crippen LogP contribution is -2.39. The van der Waals surface area contributed by atoms with Crippen LogP contribution in [-0.2, 0) is 4.74 Å². The number of halogens is 2. The number of piperidine rings is 1. The maximum atomic E-state index is 13.6. The van der Waals surface area contributed by atoms with Gasteiger partial charge < -0.3 is 9.64 Å². The molecule has 112 valence electrons. The Kier molecular flexibility index (Phi) is 5.29. The lowest BCUT2D eigenvalue weighted by molar-refractivity contribution is 0.0578. The SMILES string of the molecule is C#CCOCC1CCN(C(=O)c2ccc(F)cc2F)CC1. The van der Waals surface area contributed by atoms with Gasteiger partial charge in [0.25, 0.3) is 5.91 Å². The lowest BCUT2D eigenvalue weighted by atomic mass is 9.97. The number of ether oxygens (including phenoxy) is 1. The molecule has 0 atom stereocenters. The highest BCUT2D eigenvalue weighted by Gasteiger charge is 2.25. The number of carbonyl (C=O) groups is 1. The van der Waals surface area contributed by atoms with Crippen molar-refractivity contribution in [3.05, 3.63) is 35.4 Å². The molecule has 0 spiro atoms. The molecule has 1 saturated heterocycles. The summed E-state index contributed by atoms with van der Waals surface area (Å²) >= 11 is 0. The van der Waals surface area contributed by atoms with E-state index in [1.807, 2.05) is 0 Å². The summed E-state index contributed by atoms with van der Waals surface area (Å²) in [7, 11) is 0. The topological polar surface area (TPSA) is 29.5 Å². The Hall–Kier alpha value is -1.93. The van der Waals surface area contributed by atoms with Gasteiger partial charge in [-0.2, -0.15) is 0 Å². The molecule has 1 aliphatic heterocycles. The summed E-state index contributed by atoms with van der Waals surface area (Å²) in [6.45, 7) is 1.95. The number of rotatable bonds is 4. The highest BCUT2D eigenvalue weighted by atomic mass is 19.1. The molecule has 0 aliphatic carbocycles. The zero-order valence-electron chi connectivity index (χ0n) is 11.6. The molecule has 0 saturated carbocycles. The van der Waals surface area contributed by atoms with E-state index >= 15 is 0 Å². The summed E-state index contributed by atoms with van der Waals surface area (Å²) in [5, 5.41) is 0. The number of terminal acetylenes is 1. The highest BCUT2D eigenvalue weighted by Crippen LogP contribution is 2.20. The third-order valence-corrected chi connectivity index (χ3v) is 3.60. The second kappa shape index (κ2) is 7.19. The summed E-state index contributed by atoms with van der Waals surface area (Å²) in [5.41, 5.74) is -0.0848. The summed E-state index contributed by atoms with van der Waals surface area (Å²) in [6, 6.07) is 3.01. The van der Waals surface area contributed by atoms with Crippen molar-refractivity contribution in [2.24, 2.45) is 5.92 Å². The van der Waals surface area contributed by atoms with E-state index in [0.29, 0.717) is 32.2 Å². The van der Waals surface area contributed by atoms with Gasteiger partial charge in [0.2, 0.25) is 0 Å². The van der Waals surface area contributed by atoms with Crippen LogP contribution in [0, 0.1) is 29.9 Å². The second-order valence-corrected chi connectivity index (χ2v) is 5.08. The van der Waals surface area contributed by atoms with Crippen LogP contribution in [0.2, 0.25) is 0 Å². The maximum Gasteiger partial charge on any atom is 0.256 e. The molecule has 0 unspecified atom stereocenters. The van der Waals surface area contributed by atoms with Gasteiger partial charge in [0.05, 0.1) is 12.2 Å². The van der Waals surface area contributed by atoms with Gasteiger partial charge in [-0.15, -0.1) is 6.42 Å². The average Bonchev–Trinajstić information content (AvgIpc) is 2.48. The molecular weight excluding hydrogens is 276 g/mol. The van der Waals surface area contributed by atoms with E-state index in [1.165, 1.54) is 6.07 Å². The molecule has 1 fully saturated rings. The Balaban J connectivity index is 1.90. The van der Waals surface area contributed by atoms with Crippen LogP contribution in [0.3, 0.4) is 0 Å². The van der Waals surface area contributed by atoms with Crippen molar-refractivity contribution >= 4 is 5.91 Å². The van der Waals surface area contributed by atoms with Crippen LogP contribution in [0.5, 0.6) is 0 Å². The molecule has 0 bridgehead atoms. The summed E-state index contributed by atoms with van der Waals surface area (Å²) in [5.74, 6) is 0.869. The predicted molar refractivity (Wildman–Crippen MR) is 74.6 cm³/mol. The zero-order chi connectivity index (χ0) is 15.2. The number of carbonyl (C=O) groups excluding carboxylic acids is 1. The van der Waals surface area contributed by atoms with Crippen molar-refractivity contribution in [3.63, 3.8) is 0 Å². The van der Waals surface area contributed by atoms with E-state index in [4.69, 9.17) is 11.2 Å². The standard InChI is InChI=1S/C16H17F2NO2/c1-2-9-21-11-12-5-7-19(8-6-12)16(20)14-4-3-13(17)10-15(14)18/h1,3-4,10,12H,5-9,11H2. The fourth-order valence-corrected chi connectivity index (χ4v) is 2.42. The van der Waals surface area contributed by atoms with E-state index in [0.717, 1.165) is 25.0 Å². The minimum atomic E-state index is -0.820. The molecule has 2 rings (SSSR count). The van der Waals surface area contributed by atoms with Crippen LogP contribution >= 0.6 is 0 Å². The average molecular weight is 293 g/mol. The van der Waals surface area contributed by atoms with E-state index in [9.17, 15) is 13.6 Å². The van der Waals surface area contributed by atoms with E-state index in [-0.39, 0.29) is 5.56 Å². The molecule has 3 nitrogen and oxygen atoms in total. The van der Waals surface area contributed by atoms with Crippen molar-refractivity contribution in [1.29, 1.82) is 0 Å². The summed E-state index contributed by atoms with van der Waals surface area (Å²) in [4.78, 5) is 13.8. The van der Waals surface area contributed by atoms with Crippen LogP contribution in [0.4, 0.5) is 8.78 Å². The first kappa shape index (κ1) is 15.5. The van der Waals surface area contributed by atoms with E-state index in [2.05, 4.69) is 5.92 Å². The first-order valence-electron chi connectivity index (χ1n) is 6.87. The van der Waals surface area contributed by atoms with Gasteiger partial charge in [-0.25, -0.2) is 8.78 Å². The molecule has 0 radical (unpaired) electrons. The van der Waals surface area contributed by atoms with Crippen molar-refractivity contribution in [1.82, 2.24) is 4.90 Å². The normalized spacial score (nSPS) is 15.8. The molecule has 1 aliphatic rings. The molecule has 1 aromatic rings. The number of hydrogen-bond acceptors (Lipinski definition) is 2. The number of benzene rings is 1. The molecule has 21 heavy (non-hydrogen) atoms. The van der Waals surface area contributed by atoms with Crippen LogP contribution in [0.15, 0.2) is 18.2 Å². The second-order valence-electron chi connectivity index (χ2n) is 5.08. The van der Waals surface area contributed by atoms with Crippen LogP contribution in [0.25, 0.3) is 0 Å². The first-order chi connectivity index (χ1) is 10.1. The van der Waals surface area contributed by atoms with Crippen LogP contribution in [0.1, 0.15) is 23.2 Å². The third-order valence-electron chi connectivity index (χ3n) is 3.60. The van der Waals surface area contributed by atoms with E-state index in [1.54, 1.807) is 4.90 Å². The molecule has 1 aromatic carbocycles. The fraction of sp³-hybridized carbons (Fsp3) is 0.438. The predicted octanol–water partition coefficient (Wildman–Crippen LogP) is 2.47. The molecule has 1 heterocycles. The van der Waals surface area contributed by atoms with Gasteiger partial charge in [-0.05, 0) is 30.9 Å². The van der Waals surface area contributed by atoms with Crippen LogP contribution in [-0.4, -0.2) is 37.1 Å². The number of amides is 1. The maximum absolute atomic E-state index is 13.6. The fourth-order valence-electron chi connectivity index (χ4n) is 2.42. The van der Waals surface area contributed by atoms with Crippen molar-refractivity contribution in [3.8, 4) is 12.3 Å². The van der Waals surface area contributed by atoms with Crippen LogP contribution < -0.4 is 0 Å². The number of nitrogens with zero attached hydrogens (tertiary/aromatic N) is 1. The largest absolute Gasteiger partial charge is 0.369 e. The highest BCUT2D eigenvalue weighted by molar-refractivity contribution is 5.94. The molecule has 1 amide bonds. The number of likely N-dealkylation sites (tertiary alicyclic amines) is 1. The Morgan fingerprint density at radius 1 is 1.38 bits per heavy atom. The quantitative estimate of drug-likeness (QED) is 0.630. The van der Waals surface area contributed by atoms with Crippen molar-refractivity contribution < 1.29 is 18.3 Å². The Morgan fingerprint density at radius 3 is 2.71 bits per heavy atom. The molecule has 0 N–H and O–H groups in total. The zero-order valence-corrected chi connectivity index (χ0v) is 11.6. The van der Waals surface area contributed by atoms with Gasteiger partial charge in [0, 0.05) is 19.2 Å². The summed E-state index contributed by atoms with van der Waals surface area (Å²) < 4.78 is 31.8. The van der Waals surface area contributed by atoms with E-state index < -0.39 is 17.5 Å². The molecule has 0 aromatic heterocycles. The third kappa shape index (κ3) is 4.02. The Bertz CT molecular complexity index is 546. The van der Waals surface area contributed by atoms with Gasteiger partial charge >= 0.3 is 0 Å². The number of hydrogen-bond donors (Lipinski definition) is 0. The minimum Gasteiger partial charge on any atom is -0.369 e. The summed E-state index contributed by atoms with van der Waals surface area (Å²) in [6.07, 6.45) is 6.69. The van der Waals surface area contributed by atoms with Crippen molar-refractivity contribution in [2.45, 2.75) is 12.8 Å². The van der Waals surface area contributed by atoms with Gasteiger partial charge in [-0.1, -0.05) is 5.92 Å². The molecular formula is C16H17F2NO2. The lowest BCUT2D eigenvalue weighted by Gasteiger charge is -2.31.